The van der Waals surface area contributed by atoms with Gasteiger partial charge in [-0.05, 0) is 49.2 Å². The maximum Gasteiger partial charge on any atom is 0.295 e. The van der Waals surface area contributed by atoms with Gasteiger partial charge in [-0.15, -0.1) is 0 Å². The van der Waals surface area contributed by atoms with Crippen molar-refractivity contribution in [3.8, 4) is 0 Å². The molecule has 1 atom stereocenters. The third-order valence-corrected chi connectivity index (χ3v) is 5.34. The number of hydrogen-bond acceptors (Lipinski definition) is 3. The smallest absolute Gasteiger partial charge is 0.295 e. The molecule has 1 aliphatic rings. The number of hydrogen-bond donors (Lipinski definition) is 2. The van der Waals surface area contributed by atoms with E-state index in [1.165, 1.54) is 23.1 Å². The second kappa shape index (κ2) is 8.20. The van der Waals surface area contributed by atoms with Crippen molar-refractivity contribution in [2.45, 2.75) is 25.3 Å². The number of aromatic nitrogens is 2. The van der Waals surface area contributed by atoms with Crippen LogP contribution in [0.2, 0.25) is 10.0 Å². The fraction of sp³-hybridized carbons (Fsp3) is 0.250. The first-order valence-electron chi connectivity index (χ1n) is 9.17. The molecule has 1 fully saturated rings. The van der Waals surface area contributed by atoms with Gasteiger partial charge in [0.15, 0.2) is 5.82 Å². The van der Waals surface area contributed by atoms with Crippen LogP contribution < -0.4 is 5.32 Å². The maximum atomic E-state index is 13.0. The van der Waals surface area contributed by atoms with Gasteiger partial charge in [0.1, 0.15) is 6.04 Å². The summed E-state index contributed by atoms with van der Waals surface area (Å²) in [5.41, 5.74) is 1.41. The molecule has 30 heavy (non-hydrogen) atoms. The topological polar surface area (TPSA) is 78.1 Å². The normalized spacial score (nSPS) is 16.4. The lowest BCUT2D eigenvalue weighted by atomic mass is 10.1. The first-order valence-corrected chi connectivity index (χ1v) is 9.93. The maximum absolute atomic E-state index is 13.0. The molecule has 1 aliphatic heterocycles. The Hall–Kier alpha value is -2.71. The SMILES string of the molecule is O=C(Nc1cc(Cl)cc(Cl)c1)C1CCCN1C(=O)c1ccc2nc(C(F)F)[nH]c2c1. The highest BCUT2D eigenvalue weighted by molar-refractivity contribution is 6.35. The average Bonchev–Trinajstić information content (AvgIpc) is 3.33. The fourth-order valence-electron chi connectivity index (χ4n) is 3.57. The molecule has 2 heterocycles. The van der Waals surface area contributed by atoms with E-state index in [0.717, 1.165) is 0 Å². The summed E-state index contributed by atoms with van der Waals surface area (Å²) < 4.78 is 25.7. The number of alkyl halides is 2. The number of imidazole rings is 1. The van der Waals surface area contributed by atoms with Crippen molar-refractivity contribution in [1.82, 2.24) is 14.9 Å². The van der Waals surface area contributed by atoms with Crippen LogP contribution in [0.25, 0.3) is 11.0 Å². The summed E-state index contributed by atoms with van der Waals surface area (Å²) in [5.74, 6) is -1.15. The van der Waals surface area contributed by atoms with E-state index in [-0.39, 0.29) is 17.4 Å². The number of fused-ring (bicyclic) bond motifs is 1. The van der Waals surface area contributed by atoms with Gasteiger partial charge in [0, 0.05) is 27.8 Å². The molecule has 2 aromatic carbocycles. The predicted molar refractivity (Wildman–Crippen MR) is 110 cm³/mol. The number of benzene rings is 2. The molecule has 10 heteroatoms. The molecule has 0 saturated carbocycles. The van der Waals surface area contributed by atoms with Gasteiger partial charge in [-0.25, -0.2) is 13.8 Å². The van der Waals surface area contributed by atoms with Gasteiger partial charge >= 0.3 is 0 Å². The highest BCUT2D eigenvalue weighted by atomic mass is 35.5. The Bertz CT molecular complexity index is 1110. The molecule has 2 amide bonds. The van der Waals surface area contributed by atoms with Crippen molar-refractivity contribution in [1.29, 1.82) is 0 Å². The van der Waals surface area contributed by atoms with Crippen molar-refractivity contribution < 1.29 is 18.4 Å². The zero-order valence-electron chi connectivity index (χ0n) is 15.5. The van der Waals surface area contributed by atoms with Gasteiger partial charge in [0.2, 0.25) is 5.91 Å². The van der Waals surface area contributed by atoms with E-state index < -0.39 is 18.3 Å². The number of aromatic amines is 1. The number of rotatable bonds is 4. The first-order chi connectivity index (χ1) is 14.3. The van der Waals surface area contributed by atoms with Gasteiger partial charge in [0.25, 0.3) is 12.3 Å². The van der Waals surface area contributed by atoms with Crippen LogP contribution in [0.15, 0.2) is 36.4 Å². The van der Waals surface area contributed by atoms with Crippen LogP contribution in [0, 0.1) is 0 Å². The summed E-state index contributed by atoms with van der Waals surface area (Å²) in [4.78, 5) is 33.6. The lowest BCUT2D eigenvalue weighted by Gasteiger charge is -2.24. The molecule has 1 saturated heterocycles. The Labute approximate surface area is 180 Å². The fourth-order valence-corrected chi connectivity index (χ4v) is 4.09. The van der Waals surface area contributed by atoms with E-state index in [9.17, 15) is 18.4 Å². The van der Waals surface area contributed by atoms with E-state index in [1.807, 2.05) is 0 Å². The first kappa shape index (κ1) is 20.6. The second-order valence-electron chi connectivity index (χ2n) is 6.96. The van der Waals surface area contributed by atoms with Crippen LogP contribution >= 0.6 is 23.2 Å². The third-order valence-electron chi connectivity index (χ3n) is 4.90. The monoisotopic (exact) mass is 452 g/mol. The minimum atomic E-state index is -2.73. The average molecular weight is 453 g/mol. The number of nitrogens with zero attached hydrogens (tertiary/aromatic N) is 2. The highest BCUT2D eigenvalue weighted by Gasteiger charge is 2.34. The quantitative estimate of drug-likeness (QED) is 0.581. The Kier molecular flexibility index (Phi) is 5.62. The number of H-pyrrole nitrogens is 1. The molecular formula is C20H16Cl2F2N4O2. The van der Waals surface area contributed by atoms with Crippen LogP contribution in [-0.2, 0) is 4.79 Å². The molecule has 1 aromatic heterocycles. The van der Waals surface area contributed by atoms with Crippen LogP contribution in [0.1, 0.15) is 35.4 Å². The second-order valence-corrected chi connectivity index (χ2v) is 7.83. The number of carbonyl (C=O) groups is 2. The zero-order valence-corrected chi connectivity index (χ0v) is 17.0. The van der Waals surface area contributed by atoms with Crippen LogP contribution in [0.3, 0.4) is 0 Å². The Morgan fingerprint density at radius 2 is 1.90 bits per heavy atom. The van der Waals surface area contributed by atoms with Gasteiger partial charge < -0.3 is 15.2 Å². The van der Waals surface area contributed by atoms with Gasteiger partial charge in [-0.3, -0.25) is 9.59 Å². The minimum Gasteiger partial charge on any atom is -0.337 e. The number of carbonyl (C=O) groups excluding carboxylic acids is 2. The van der Waals surface area contributed by atoms with Gasteiger partial charge in [0.05, 0.1) is 11.0 Å². The number of likely N-dealkylation sites (tertiary alicyclic amines) is 1. The number of anilines is 1. The van der Waals surface area contributed by atoms with Crippen LogP contribution in [0.4, 0.5) is 14.5 Å². The van der Waals surface area contributed by atoms with E-state index in [1.54, 1.807) is 18.2 Å². The number of amides is 2. The molecule has 1 unspecified atom stereocenters. The lowest BCUT2D eigenvalue weighted by Crippen LogP contribution is -2.43. The Morgan fingerprint density at radius 1 is 1.17 bits per heavy atom. The highest BCUT2D eigenvalue weighted by Crippen LogP contribution is 2.26. The summed E-state index contributed by atoms with van der Waals surface area (Å²) in [5, 5.41) is 3.51. The summed E-state index contributed by atoms with van der Waals surface area (Å²) in [6.45, 7) is 0.413. The van der Waals surface area contributed by atoms with Crippen molar-refractivity contribution >= 4 is 51.7 Å². The van der Waals surface area contributed by atoms with Crippen LogP contribution in [0.5, 0.6) is 0 Å². The number of halogens is 4. The predicted octanol–water partition coefficient (Wildman–Crippen LogP) is 5.05. The summed E-state index contributed by atoms with van der Waals surface area (Å²) in [7, 11) is 0. The summed E-state index contributed by atoms with van der Waals surface area (Å²) in [6.07, 6.45) is -1.56. The molecule has 4 rings (SSSR count). The third kappa shape index (κ3) is 4.11. The van der Waals surface area contributed by atoms with E-state index in [4.69, 9.17) is 23.2 Å². The van der Waals surface area contributed by atoms with Crippen molar-refractivity contribution in [3.63, 3.8) is 0 Å². The molecular weight excluding hydrogens is 437 g/mol. The van der Waals surface area contributed by atoms with E-state index >= 15 is 0 Å². The minimum absolute atomic E-state index is 0.289. The molecule has 156 valence electrons. The lowest BCUT2D eigenvalue weighted by molar-refractivity contribution is -0.119. The molecule has 2 N–H and O–H groups in total. The van der Waals surface area contributed by atoms with Crippen LogP contribution in [-0.4, -0.2) is 39.3 Å². The van der Waals surface area contributed by atoms with E-state index in [0.29, 0.717) is 46.2 Å². The molecule has 0 aliphatic carbocycles. The summed E-state index contributed by atoms with van der Waals surface area (Å²) >= 11 is 11.9. The molecule has 0 spiro atoms. The van der Waals surface area contributed by atoms with Gasteiger partial charge in [-0.1, -0.05) is 23.2 Å². The molecule has 0 radical (unpaired) electrons. The largest absolute Gasteiger partial charge is 0.337 e. The van der Waals surface area contributed by atoms with Crippen molar-refractivity contribution in [2.24, 2.45) is 0 Å². The van der Waals surface area contributed by atoms with Crippen molar-refractivity contribution in [3.05, 3.63) is 57.8 Å². The summed E-state index contributed by atoms with van der Waals surface area (Å²) in [6, 6.07) is 8.52. The molecule has 6 nitrogen and oxygen atoms in total. The Morgan fingerprint density at radius 3 is 2.60 bits per heavy atom. The standard InChI is InChI=1S/C20H16Cl2F2N4O2/c21-11-7-12(22)9-13(8-11)25-19(29)16-2-1-5-28(16)20(30)10-3-4-14-15(6-10)27-18(26-14)17(23)24/h3-4,6-9,16-17H,1-2,5H2,(H,25,29)(H,26,27). The van der Waals surface area contributed by atoms with E-state index in [2.05, 4.69) is 15.3 Å². The van der Waals surface area contributed by atoms with Gasteiger partial charge in [-0.2, -0.15) is 0 Å². The number of nitrogens with one attached hydrogen (secondary N) is 2. The Balaban J connectivity index is 1.54. The van der Waals surface area contributed by atoms with Crippen molar-refractivity contribution in [2.75, 3.05) is 11.9 Å². The zero-order chi connectivity index (χ0) is 21.4. The molecule has 3 aromatic rings. The molecule has 0 bridgehead atoms.